The Morgan fingerprint density at radius 2 is 0.792 bits per heavy atom. The molecule has 0 aromatic heterocycles. The topological polar surface area (TPSA) is 139 Å². The molecule has 8 heteroatoms. The molecule has 312 valence electrons. The number of carbonyl (C=O) groups is 3. The van der Waals surface area contributed by atoms with Gasteiger partial charge in [-0.15, -0.1) is 0 Å². The van der Waals surface area contributed by atoms with Crippen molar-refractivity contribution in [3.63, 3.8) is 0 Å². The number of hydrogen-bond donors (Lipinski definition) is 5. The molecule has 0 aliphatic rings. The van der Waals surface area contributed by atoms with Gasteiger partial charge in [0.25, 0.3) is 0 Å². The van der Waals surface area contributed by atoms with Gasteiger partial charge in [0.15, 0.2) is 0 Å². The van der Waals surface area contributed by atoms with Gasteiger partial charge in [-0.25, -0.2) is 0 Å². The first-order valence-corrected chi connectivity index (χ1v) is 22.9. The van der Waals surface area contributed by atoms with E-state index in [1.165, 1.54) is 148 Å². The van der Waals surface area contributed by atoms with Gasteiger partial charge >= 0.3 is 0 Å². The lowest BCUT2D eigenvalue weighted by Gasteiger charge is -2.17. The summed E-state index contributed by atoms with van der Waals surface area (Å²) in [6, 6.07) is -0.571. The molecule has 0 aliphatic heterocycles. The third-order valence-corrected chi connectivity index (χ3v) is 10.5. The van der Waals surface area contributed by atoms with Crippen molar-refractivity contribution < 1.29 is 14.4 Å². The van der Waals surface area contributed by atoms with Gasteiger partial charge in [0.05, 0.1) is 6.04 Å². The van der Waals surface area contributed by atoms with Crippen molar-refractivity contribution in [2.24, 2.45) is 17.4 Å². The second-order valence-electron chi connectivity index (χ2n) is 15.6. The van der Waals surface area contributed by atoms with Crippen LogP contribution < -0.4 is 27.4 Å². The van der Waals surface area contributed by atoms with E-state index in [0.29, 0.717) is 25.9 Å². The Balaban J connectivity index is 4.34. The molecule has 7 N–H and O–H groups in total. The van der Waals surface area contributed by atoms with Crippen LogP contribution in [-0.4, -0.2) is 49.9 Å². The van der Waals surface area contributed by atoms with Crippen molar-refractivity contribution in [3.05, 3.63) is 12.2 Å². The minimum atomic E-state index is -0.698. The van der Waals surface area contributed by atoms with Crippen molar-refractivity contribution in [1.82, 2.24) is 16.0 Å². The molecule has 0 aliphatic carbocycles. The molecule has 0 saturated carbocycles. The molecule has 0 bridgehead atoms. The number of nitrogens with one attached hydrogen (secondary N) is 3. The highest BCUT2D eigenvalue weighted by Gasteiger charge is 2.25. The minimum Gasteiger partial charge on any atom is -0.355 e. The van der Waals surface area contributed by atoms with Crippen LogP contribution in [0.5, 0.6) is 0 Å². The van der Waals surface area contributed by atoms with E-state index in [-0.39, 0.29) is 30.8 Å². The summed E-state index contributed by atoms with van der Waals surface area (Å²) in [6.07, 6.45) is 42.9. The Hall–Kier alpha value is -1.93. The number of unbranched alkanes of at least 4 members (excludes halogenated alkanes) is 26. The van der Waals surface area contributed by atoms with E-state index < -0.39 is 12.0 Å². The molecule has 8 nitrogen and oxygen atoms in total. The quantitative estimate of drug-likeness (QED) is 0.0241. The summed E-state index contributed by atoms with van der Waals surface area (Å²) in [4.78, 5) is 38.6. The third-order valence-electron chi connectivity index (χ3n) is 10.5. The zero-order valence-corrected chi connectivity index (χ0v) is 35.1. The SMILES string of the molecule is CCCCCCCCC=CCCCCCCCCNC(=O)C(CCCCCCCCCCCCCCCC)C(=O)NCCNC(=O)C(N)CCCCN. The molecule has 2 atom stereocenters. The van der Waals surface area contributed by atoms with Crippen LogP contribution in [0, 0.1) is 5.92 Å². The highest BCUT2D eigenvalue weighted by atomic mass is 16.2. The van der Waals surface area contributed by atoms with E-state index >= 15 is 0 Å². The Labute approximate surface area is 328 Å². The van der Waals surface area contributed by atoms with Gasteiger partial charge in [-0.05, 0) is 57.9 Å². The lowest BCUT2D eigenvalue weighted by molar-refractivity contribution is -0.135. The molecule has 53 heavy (non-hydrogen) atoms. The summed E-state index contributed by atoms with van der Waals surface area (Å²) in [5, 5.41) is 8.75. The lowest BCUT2D eigenvalue weighted by Crippen LogP contribution is -2.46. The summed E-state index contributed by atoms with van der Waals surface area (Å²) in [7, 11) is 0. The van der Waals surface area contributed by atoms with Gasteiger partial charge in [0.2, 0.25) is 17.7 Å². The first-order valence-electron chi connectivity index (χ1n) is 22.9. The van der Waals surface area contributed by atoms with E-state index in [1.54, 1.807) is 0 Å². The predicted octanol–water partition coefficient (Wildman–Crippen LogP) is 10.3. The van der Waals surface area contributed by atoms with Crippen LogP contribution >= 0.6 is 0 Å². The zero-order valence-electron chi connectivity index (χ0n) is 35.1. The van der Waals surface area contributed by atoms with E-state index in [2.05, 4.69) is 41.9 Å². The smallest absolute Gasteiger partial charge is 0.236 e. The third kappa shape index (κ3) is 35.5. The van der Waals surface area contributed by atoms with Crippen LogP contribution in [0.15, 0.2) is 12.2 Å². The Kier molecular flexibility index (Phi) is 39.7. The van der Waals surface area contributed by atoms with Gasteiger partial charge in [-0.2, -0.15) is 0 Å². The fourth-order valence-electron chi connectivity index (χ4n) is 6.90. The maximum Gasteiger partial charge on any atom is 0.236 e. The first kappa shape index (κ1) is 51.1. The molecule has 3 amide bonds. The Morgan fingerprint density at radius 3 is 1.25 bits per heavy atom. The van der Waals surface area contributed by atoms with Crippen molar-refractivity contribution in [2.75, 3.05) is 26.2 Å². The average molecular weight is 748 g/mol. The molecule has 0 saturated heterocycles. The lowest BCUT2D eigenvalue weighted by atomic mass is 9.97. The second kappa shape index (κ2) is 41.2. The maximum absolute atomic E-state index is 13.2. The predicted molar refractivity (Wildman–Crippen MR) is 228 cm³/mol. The van der Waals surface area contributed by atoms with Gasteiger partial charge in [0, 0.05) is 19.6 Å². The van der Waals surface area contributed by atoms with Crippen LogP contribution in [0.3, 0.4) is 0 Å². The van der Waals surface area contributed by atoms with Gasteiger partial charge in [-0.3, -0.25) is 14.4 Å². The van der Waals surface area contributed by atoms with Gasteiger partial charge in [0.1, 0.15) is 5.92 Å². The van der Waals surface area contributed by atoms with Crippen LogP contribution in [0.1, 0.15) is 219 Å². The number of amides is 3. The molecular weight excluding hydrogens is 659 g/mol. The fraction of sp³-hybridized carbons (Fsp3) is 0.889. The Morgan fingerprint density at radius 1 is 0.434 bits per heavy atom. The van der Waals surface area contributed by atoms with Crippen molar-refractivity contribution in [1.29, 1.82) is 0 Å². The number of nitrogens with two attached hydrogens (primary N) is 2. The second-order valence-corrected chi connectivity index (χ2v) is 15.6. The summed E-state index contributed by atoms with van der Waals surface area (Å²) in [5.41, 5.74) is 11.5. The summed E-state index contributed by atoms with van der Waals surface area (Å²) < 4.78 is 0. The normalized spacial score (nSPS) is 12.6. The van der Waals surface area contributed by atoms with Crippen molar-refractivity contribution >= 4 is 17.7 Å². The molecule has 0 spiro atoms. The summed E-state index contributed by atoms with van der Waals surface area (Å²) >= 11 is 0. The van der Waals surface area contributed by atoms with Crippen molar-refractivity contribution in [2.45, 2.75) is 225 Å². The number of hydrogen-bond acceptors (Lipinski definition) is 5. The standard InChI is InChI=1S/C45H89N5O3/c1-3-5-7-9-11-13-15-17-19-20-22-24-26-28-30-34-38-48-43(51)41(44(52)49-39-40-50-45(53)42(47)36-32-33-37-46)35-31-29-27-25-23-21-18-16-14-12-10-8-6-4-2/h17,19,41-42H,3-16,18,20-40,46-47H2,1-2H3,(H,48,51)(H,49,52)(H,50,53). The van der Waals surface area contributed by atoms with Gasteiger partial charge in [-0.1, -0.05) is 180 Å². The first-order chi connectivity index (χ1) is 26.0. The Bertz CT molecular complexity index is 852. The molecule has 0 rings (SSSR count). The molecule has 0 aromatic rings. The van der Waals surface area contributed by atoms with Crippen LogP contribution in [0.4, 0.5) is 0 Å². The minimum absolute atomic E-state index is 0.170. The van der Waals surface area contributed by atoms with E-state index in [0.717, 1.165) is 44.9 Å². The average Bonchev–Trinajstić information content (AvgIpc) is 3.16. The fourth-order valence-corrected chi connectivity index (χ4v) is 6.90. The van der Waals surface area contributed by atoms with E-state index in [1.807, 2.05) is 0 Å². The number of carbonyl (C=O) groups excluding carboxylic acids is 3. The summed E-state index contributed by atoms with van der Waals surface area (Å²) in [6.45, 7) is 6.30. The maximum atomic E-state index is 13.2. The molecular formula is C45H89N5O3. The molecule has 0 fully saturated rings. The van der Waals surface area contributed by atoms with E-state index in [4.69, 9.17) is 11.5 Å². The molecule has 0 aromatic carbocycles. The molecule has 2 unspecified atom stereocenters. The van der Waals surface area contributed by atoms with Crippen LogP contribution in [0.2, 0.25) is 0 Å². The van der Waals surface area contributed by atoms with Gasteiger partial charge < -0.3 is 27.4 Å². The zero-order chi connectivity index (χ0) is 38.9. The van der Waals surface area contributed by atoms with Crippen LogP contribution in [-0.2, 0) is 14.4 Å². The largest absolute Gasteiger partial charge is 0.355 e. The summed E-state index contributed by atoms with van der Waals surface area (Å²) in [5.74, 6) is -1.34. The molecule has 0 heterocycles. The highest BCUT2D eigenvalue weighted by molar-refractivity contribution is 6.00. The van der Waals surface area contributed by atoms with Crippen LogP contribution in [0.25, 0.3) is 0 Å². The monoisotopic (exact) mass is 748 g/mol. The molecule has 0 radical (unpaired) electrons. The number of rotatable bonds is 41. The highest BCUT2D eigenvalue weighted by Crippen LogP contribution is 2.16. The number of allylic oxidation sites excluding steroid dienone is 2. The van der Waals surface area contributed by atoms with Crippen molar-refractivity contribution in [3.8, 4) is 0 Å². The van der Waals surface area contributed by atoms with E-state index in [9.17, 15) is 14.4 Å².